The molecular formula is C15H22N2OS. The number of nitrogens with one attached hydrogen (secondary N) is 2. The summed E-state index contributed by atoms with van der Waals surface area (Å²) in [6.45, 7) is 5.95. The van der Waals surface area contributed by atoms with E-state index in [4.69, 9.17) is 17.0 Å². The molecule has 19 heavy (non-hydrogen) atoms. The molecule has 0 amide bonds. The number of hydrogen-bond donors (Lipinski definition) is 2. The van der Waals surface area contributed by atoms with Gasteiger partial charge in [-0.3, -0.25) is 0 Å². The summed E-state index contributed by atoms with van der Waals surface area (Å²) >= 11 is 5.30. The van der Waals surface area contributed by atoms with Gasteiger partial charge < -0.3 is 15.4 Å². The molecule has 0 bridgehead atoms. The summed E-state index contributed by atoms with van der Waals surface area (Å²) in [6, 6.07) is 6.35. The minimum atomic E-state index is 0.413. The molecule has 1 aromatic carbocycles. The molecule has 1 saturated heterocycles. The Morgan fingerprint density at radius 1 is 1.32 bits per heavy atom. The van der Waals surface area contributed by atoms with Crippen molar-refractivity contribution in [3.8, 4) is 0 Å². The van der Waals surface area contributed by atoms with E-state index in [2.05, 4.69) is 42.7 Å². The average Bonchev–Trinajstić information content (AvgIpc) is 2.80. The first-order valence-corrected chi connectivity index (χ1v) is 7.29. The minimum Gasteiger partial charge on any atom is -0.378 e. The first-order chi connectivity index (χ1) is 9.13. The number of hydrogen-bond acceptors (Lipinski definition) is 2. The van der Waals surface area contributed by atoms with Crippen molar-refractivity contribution in [2.24, 2.45) is 0 Å². The van der Waals surface area contributed by atoms with Crippen molar-refractivity contribution in [1.29, 1.82) is 0 Å². The van der Waals surface area contributed by atoms with Gasteiger partial charge in [0.2, 0.25) is 0 Å². The van der Waals surface area contributed by atoms with Gasteiger partial charge in [0.25, 0.3) is 0 Å². The minimum absolute atomic E-state index is 0.413. The van der Waals surface area contributed by atoms with Crippen LogP contribution >= 0.6 is 12.2 Å². The smallest absolute Gasteiger partial charge is 0.170 e. The normalized spacial score (nSPS) is 18.3. The molecular weight excluding hydrogens is 256 g/mol. The maximum atomic E-state index is 5.58. The van der Waals surface area contributed by atoms with Gasteiger partial charge in [-0.25, -0.2) is 0 Å². The van der Waals surface area contributed by atoms with Crippen molar-refractivity contribution in [2.75, 3.05) is 18.5 Å². The Balaban J connectivity index is 1.74. The second kappa shape index (κ2) is 6.87. The number of anilines is 1. The predicted octanol–water partition coefficient (Wildman–Crippen LogP) is 3.16. The summed E-state index contributed by atoms with van der Waals surface area (Å²) in [4.78, 5) is 0. The Morgan fingerprint density at radius 2 is 2.05 bits per heavy atom. The number of rotatable bonds is 4. The van der Waals surface area contributed by atoms with Crippen LogP contribution in [-0.4, -0.2) is 24.4 Å². The lowest BCUT2D eigenvalue weighted by Gasteiger charge is -2.13. The van der Waals surface area contributed by atoms with Gasteiger partial charge in [-0.15, -0.1) is 0 Å². The predicted molar refractivity (Wildman–Crippen MR) is 83.7 cm³/mol. The van der Waals surface area contributed by atoms with Crippen molar-refractivity contribution in [3.63, 3.8) is 0 Å². The van der Waals surface area contributed by atoms with Crippen LogP contribution in [0.15, 0.2) is 18.2 Å². The maximum absolute atomic E-state index is 5.58. The molecule has 0 radical (unpaired) electrons. The van der Waals surface area contributed by atoms with Gasteiger partial charge in [0.15, 0.2) is 5.11 Å². The van der Waals surface area contributed by atoms with Gasteiger partial charge in [-0.2, -0.15) is 0 Å². The molecule has 1 fully saturated rings. The number of aryl methyl sites for hydroxylation is 2. The van der Waals surface area contributed by atoms with Crippen molar-refractivity contribution >= 4 is 23.0 Å². The topological polar surface area (TPSA) is 33.3 Å². The van der Waals surface area contributed by atoms with Crippen LogP contribution in [0.3, 0.4) is 0 Å². The van der Waals surface area contributed by atoms with E-state index < -0.39 is 0 Å². The molecule has 1 aliphatic rings. The van der Waals surface area contributed by atoms with E-state index in [1.165, 1.54) is 24.0 Å². The van der Waals surface area contributed by atoms with E-state index in [-0.39, 0.29) is 0 Å². The van der Waals surface area contributed by atoms with Crippen LogP contribution in [0.1, 0.15) is 30.4 Å². The fraction of sp³-hybridized carbons (Fsp3) is 0.533. The molecule has 4 heteroatoms. The highest BCUT2D eigenvalue weighted by atomic mass is 32.1. The summed E-state index contributed by atoms with van der Waals surface area (Å²) in [5, 5.41) is 7.15. The zero-order chi connectivity index (χ0) is 13.7. The quantitative estimate of drug-likeness (QED) is 0.829. The lowest BCUT2D eigenvalue weighted by atomic mass is 10.1. The Labute approximate surface area is 120 Å². The second-order valence-electron chi connectivity index (χ2n) is 5.18. The van der Waals surface area contributed by atoms with Crippen molar-refractivity contribution in [1.82, 2.24) is 5.32 Å². The fourth-order valence-corrected chi connectivity index (χ4v) is 2.66. The van der Waals surface area contributed by atoms with Gasteiger partial charge in [0.1, 0.15) is 0 Å². The molecule has 0 spiro atoms. The fourth-order valence-electron chi connectivity index (χ4n) is 2.44. The highest BCUT2D eigenvalue weighted by Gasteiger charge is 2.14. The summed E-state index contributed by atoms with van der Waals surface area (Å²) in [6.07, 6.45) is 3.81. The Hall–Kier alpha value is -1.13. The van der Waals surface area contributed by atoms with E-state index >= 15 is 0 Å². The Bertz CT molecular complexity index is 422. The van der Waals surface area contributed by atoms with E-state index in [9.17, 15) is 0 Å². The second-order valence-corrected chi connectivity index (χ2v) is 5.59. The van der Waals surface area contributed by atoms with Crippen LogP contribution < -0.4 is 10.6 Å². The van der Waals surface area contributed by atoms with Crippen LogP contribution in [0.25, 0.3) is 0 Å². The van der Waals surface area contributed by atoms with E-state index in [1.54, 1.807) is 0 Å². The number of benzene rings is 1. The van der Waals surface area contributed by atoms with Crippen LogP contribution in [0, 0.1) is 13.8 Å². The number of thiocarbonyl (C=S) groups is 1. The largest absolute Gasteiger partial charge is 0.378 e. The SMILES string of the molecule is Cc1cc(C)cc(NC(=S)NCCC2CCCO2)c1. The van der Waals surface area contributed by atoms with Gasteiger partial charge in [0, 0.05) is 18.8 Å². The molecule has 1 aromatic rings. The van der Waals surface area contributed by atoms with E-state index in [0.29, 0.717) is 11.2 Å². The maximum Gasteiger partial charge on any atom is 0.170 e. The lowest BCUT2D eigenvalue weighted by molar-refractivity contribution is 0.105. The summed E-state index contributed by atoms with van der Waals surface area (Å²) < 4.78 is 5.58. The van der Waals surface area contributed by atoms with Gasteiger partial charge >= 0.3 is 0 Å². The molecule has 1 unspecified atom stereocenters. The molecule has 3 nitrogen and oxygen atoms in total. The van der Waals surface area contributed by atoms with Crippen LogP contribution in [0.2, 0.25) is 0 Å². The Morgan fingerprint density at radius 3 is 2.68 bits per heavy atom. The molecule has 1 atom stereocenters. The lowest BCUT2D eigenvalue weighted by Crippen LogP contribution is -2.31. The first kappa shape index (κ1) is 14.3. The molecule has 0 aromatic heterocycles. The third-order valence-electron chi connectivity index (χ3n) is 3.26. The van der Waals surface area contributed by atoms with Crippen LogP contribution in [0.4, 0.5) is 5.69 Å². The third kappa shape index (κ3) is 4.80. The van der Waals surface area contributed by atoms with E-state index in [1.807, 2.05) is 0 Å². The molecule has 0 saturated carbocycles. The van der Waals surface area contributed by atoms with E-state index in [0.717, 1.165) is 25.3 Å². The summed E-state index contributed by atoms with van der Waals surface area (Å²) in [7, 11) is 0. The first-order valence-electron chi connectivity index (χ1n) is 6.88. The standard InChI is InChI=1S/C15H22N2OS/c1-11-8-12(2)10-13(9-11)17-15(19)16-6-5-14-4-3-7-18-14/h8-10,14H,3-7H2,1-2H3,(H2,16,17,19). The molecule has 1 heterocycles. The van der Waals surface area contributed by atoms with Crippen molar-refractivity contribution in [2.45, 2.75) is 39.2 Å². The zero-order valence-electron chi connectivity index (χ0n) is 11.7. The summed E-state index contributed by atoms with van der Waals surface area (Å²) in [5.74, 6) is 0. The molecule has 1 aliphatic heterocycles. The summed E-state index contributed by atoms with van der Waals surface area (Å²) in [5.41, 5.74) is 3.53. The monoisotopic (exact) mass is 278 g/mol. The van der Waals surface area contributed by atoms with Crippen LogP contribution in [-0.2, 0) is 4.74 Å². The van der Waals surface area contributed by atoms with Gasteiger partial charge in [0.05, 0.1) is 6.10 Å². The highest BCUT2D eigenvalue weighted by Crippen LogP contribution is 2.15. The average molecular weight is 278 g/mol. The van der Waals surface area contributed by atoms with Crippen molar-refractivity contribution < 1.29 is 4.74 Å². The molecule has 2 rings (SSSR count). The van der Waals surface area contributed by atoms with Gasteiger partial charge in [-0.05, 0) is 68.6 Å². The number of ether oxygens (including phenoxy) is 1. The van der Waals surface area contributed by atoms with Crippen LogP contribution in [0.5, 0.6) is 0 Å². The van der Waals surface area contributed by atoms with Gasteiger partial charge in [-0.1, -0.05) is 6.07 Å². The molecule has 2 N–H and O–H groups in total. The van der Waals surface area contributed by atoms with Crippen molar-refractivity contribution in [3.05, 3.63) is 29.3 Å². The highest BCUT2D eigenvalue weighted by molar-refractivity contribution is 7.80. The third-order valence-corrected chi connectivity index (χ3v) is 3.50. The zero-order valence-corrected chi connectivity index (χ0v) is 12.5. The molecule has 0 aliphatic carbocycles. The molecule has 104 valence electrons. The Kier molecular flexibility index (Phi) is 5.16.